The normalized spacial score (nSPS) is 10.8. The van der Waals surface area contributed by atoms with Crippen LogP contribution in [0, 0.1) is 11.3 Å². The van der Waals surface area contributed by atoms with Crippen molar-refractivity contribution < 1.29 is 13.2 Å². The Hall–Kier alpha value is -3.02. The van der Waals surface area contributed by atoms with Crippen LogP contribution in [0.3, 0.4) is 0 Å². The zero-order chi connectivity index (χ0) is 17.9. The number of thiazole rings is 1. The highest BCUT2D eigenvalue weighted by Crippen LogP contribution is 2.23. The first kappa shape index (κ1) is 16.8. The van der Waals surface area contributed by atoms with Crippen molar-refractivity contribution in [1.29, 1.82) is 5.26 Å². The lowest BCUT2D eigenvalue weighted by molar-refractivity contribution is 0.0977. The fourth-order valence-corrected chi connectivity index (χ4v) is 3.80. The van der Waals surface area contributed by atoms with Gasteiger partial charge in [-0.3, -0.25) is 4.79 Å². The number of nitrogens with zero attached hydrogens (tertiary/aromatic N) is 2. The van der Waals surface area contributed by atoms with Gasteiger partial charge in [0.2, 0.25) is 0 Å². The summed E-state index contributed by atoms with van der Waals surface area (Å²) in [5, 5.41) is 10.9. The van der Waals surface area contributed by atoms with E-state index in [-0.39, 0.29) is 10.6 Å². The van der Waals surface area contributed by atoms with Crippen LogP contribution in [0.1, 0.15) is 16.1 Å². The number of hydrogen-bond acceptors (Lipinski definition) is 6. The van der Waals surface area contributed by atoms with Gasteiger partial charge in [-0.25, -0.2) is 18.1 Å². The molecule has 2 aromatic carbocycles. The van der Waals surface area contributed by atoms with Gasteiger partial charge < -0.3 is 0 Å². The molecule has 3 rings (SSSR count). The molecule has 8 heteroatoms. The molecule has 1 aromatic heterocycles. The Morgan fingerprint density at radius 1 is 1.08 bits per heavy atom. The Morgan fingerprint density at radius 3 is 2.40 bits per heavy atom. The first-order valence-electron chi connectivity index (χ1n) is 7.08. The SMILES string of the molecule is N#Cc1ccc(S(=O)(=O)NC(=O)c2csc(-c3ccccc3)n2)cc1. The van der Waals surface area contributed by atoms with Crippen LogP contribution in [0.25, 0.3) is 10.6 Å². The summed E-state index contributed by atoms with van der Waals surface area (Å²) in [5.74, 6) is -0.803. The number of nitrogens with one attached hydrogen (secondary N) is 1. The van der Waals surface area contributed by atoms with E-state index in [1.54, 1.807) is 0 Å². The number of sulfonamides is 1. The fraction of sp³-hybridized carbons (Fsp3) is 0. The Kier molecular flexibility index (Phi) is 4.61. The van der Waals surface area contributed by atoms with E-state index in [0.29, 0.717) is 10.6 Å². The van der Waals surface area contributed by atoms with E-state index in [2.05, 4.69) is 4.98 Å². The van der Waals surface area contributed by atoms with Gasteiger partial charge in [0.05, 0.1) is 16.5 Å². The van der Waals surface area contributed by atoms with Crippen LogP contribution in [0.15, 0.2) is 64.9 Å². The van der Waals surface area contributed by atoms with E-state index in [4.69, 9.17) is 5.26 Å². The van der Waals surface area contributed by atoms with Gasteiger partial charge in [0, 0.05) is 10.9 Å². The first-order valence-corrected chi connectivity index (χ1v) is 9.44. The van der Waals surface area contributed by atoms with Crippen LogP contribution < -0.4 is 4.72 Å². The van der Waals surface area contributed by atoms with Gasteiger partial charge in [0.15, 0.2) is 0 Å². The van der Waals surface area contributed by atoms with Gasteiger partial charge in [-0.05, 0) is 24.3 Å². The van der Waals surface area contributed by atoms with Gasteiger partial charge in [-0.15, -0.1) is 11.3 Å². The van der Waals surface area contributed by atoms with Gasteiger partial charge in [0.1, 0.15) is 10.7 Å². The highest BCUT2D eigenvalue weighted by atomic mass is 32.2. The van der Waals surface area contributed by atoms with Crippen molar-refractivity contribution >= 4 is 27.3 Å². The molecule has 0 saturated carbocycles. The maximum Gasteiger partial charge on any atom is 0.284 e. The molecule has 25 heavy (non-hydrogen) atoms. The van der Waals surface area contributed by atoms with Crippen LogP contribution in [0.4, 0.5) is 0 Å². The number of aromatic nitrogens is 1. The van der Waals surface area contributed by atoms with E-state index < -0.39 is 15.9 Å². The largest absolute Gasteiger partial charge is 0.284 e. The molecule has 0 aliphatic heterocycles. The van der Waals surface area contributed by atoms with E-state index in [1.807, 2.05) is 41.1 Å². The summed E-state index contributed by atoms with van der Waals surface area (Å²) >= 11 is 1.25. The molecule has 0 saturated heterocycles. The molecule has 6 nitrogen and oxygen atoms in total. The Balaban J connectivity index is 1.80. The highest BCUT2D eigenvalue weighted by molar-refractivity contribution is 7.90. The molecule has 124 valence electrons. The number of rotatable bonds is 4. The summed E-state index contributed by atoms with van der Waals surface area (Å²) in [6.07, 6.45) is 0. The summed E-state index contributed by atoms with van der Waals surface area (Å²) in [6.45, 7) is 0. The second-order valence-electron chi connectivity index (χ2n) is 4.97. The third-order valence-electron chi connectivity index (χ3n) is 3.28. The second-order valence-corrected chi connectivity index (χ2v) is 7.52. The van der Waals surface area contributed by atoms with Crippen molar-refractivity contribution in [3.05, 3.63) is 71.2 Å². The van der Waals surface area contributed by atoms with Crippen LogP contribution >= 0.6 is 11.3 Å². The van der Waals surface area contributed by atoms with Crippen LogP contribution in [0.5, 0.6) is 0 Å². The summed E-state index contributed by atoms with van der Waals surface area (Å²) in [7, 11) is -4.03. The minimum Gasteiger partial charge on any atom is -0.266 e. The topological polar surface area (TPSA) is 99.9 Å². The van der Waals surface area contributed by atoms with Crippen molar-refractivity contribution in [1.82, 2.24) is 9.71 Å². The molecular weight excluding hydrogens is 358 g/mol. The van der Waals surface area contributed by atoms with Crippen molar-refractivity contribution in [3.8, 4) is 16.6 Å². The van der Waals surface area contributed by atoms with Gasteiger partial charge in [-0.1, -0.05) is 30.3 Å². The van der Waals surface area contributed by atoms with Gasteiger partial charge >= 0.3 is 0 Å². The van der Waals surface area contributed by atoms with Crippen LogP contribution in [-0.4, -0.2) is 19.3 Å². The molecule has 1 amide bonds. The number of carbonyl (C=O) groups is 1. The third-order valence-corrected chi connectivity index (χ3v) is 5.52. The molecule has 0 unspecified atom stereocenters. The quantitative estimate of drug-likeness (QED) is 0.762. The fourth-order valence-electron chi connectivity index (χ4n) is 2.03. The van der Waals surface area contributed by atoms with Crippen molar-refractivity contribution in [3.63, 3.8) is 0 Å². The number of carbonyl (C=O) groups excluding carboxylic acids is 1. The number of benzene rings is 2. The lowest BCUT2D eigenvalue weighted by atomic mass is 10.2. The molecule has 0 spiro atoms. The molecule has 1 heterocycles. The van der Waals surface area contributed by atoms with Gasteiger partial charge in [-0.2, -0.15) is 5.26 Å². The smallest absolute Gasteiger partial charge is 0.266 e. The van der Waals surface area contributed by atoms with Crippen LogP contribution in [0.2, 0.25) is 0 Å². The molecule has 3 aromatic rings. The maximum atomic E-state index is 12.3. The monoisotopic (exact) mass is 369 g/mol. The van der Waals surface area contributed by atoms with Crippen molar-refractivity contribution in [2.45, 2.75) is 4.90 Å². The lowest BCUT2D eigenvalue weighted by Gasteiger charge is -2.05. The second kappa shape index (κ2) is 6.84. The predicted molar refractivity (Wildman–Crippen MR) is 93.4 cm³/mol. The van der Waals surface area contributed by atoms with Crippen molar-refractivity contribution in [2.75, 3.05) is 0 Å². The predicted octanol–water partition coefficient (Wildman–Crippen LogP) is 2.80. The maximum absolute atomic E-state index is 12.3. The molecule has 1 N–H and O–H groups in total. The standard InChI is InChI=1S/C17H11N3O3S2/c18-10-12-6-8-14(9-7-12)25(22,23)20-16(21)15-11-24-17(19-15)13-4-2-1-3-5-13/h1-9,11H,(H,20,21). The van der Waals surface area contributed by atoms with Gasteiger partial charge in [0.25, 0.3) is 15.9 Å². The molecule has 0 aliphatic rings. The van der Waals surface area contributed by atoms with Crippen molar-refractivity contribution in [2.24, 2.45) is 0 Å². The van der Waals surface area contributed by atoms with E-state index >= 15 is 0 Å². The average Bonchev–Trinajstić information content (AvgIpc) is 3.12. The van der Waals surface area contributed by atoms with E-state index in [9.17, 15) is 13.2 Å². The van der Waals surface area contributed by atoms with Crippen LogP contribution in [-0.2, 0) is 10.0 Å². The zero-order valence-electron chi connectivity index (χ0n) is 12.7. The Bertz CT molecular complexity index is 1050. The highest BCUT2D eigenvalue weighted by Gasteiger charge is 2.20. The third kappa shape index (κ3) is 3.74. The zero-order valence-corrected chi connectivity index (χ0v) is 14.3. The Labute approximate surface area is 148 Å². The first-order chi connectivity index (χ1) is 12.0. The minimum atomic E-state index is -4.03. The van der Waals surface area contributed by atoms with E-state index in [1.165, 1.54) is 41.0 Å². The molecule has 0 aliphatic carbocycles. The molecule has 0 radical (unpaired) electrons. The lowest BCUT2D eigenvalue weighted by Crippen LogP contribution is -2.30. The Morgan fingerprint density at radius 2 is 1.76 bits per heavy atom. The molecule has 0 bridgehead atoms. The molecular formula is C17H11N3O3S2. The molecule has 0 fully saturated rings. The summed E-state index contributed by atoms with van der Waals surface area (Å²) in [4.78, 5) is 16.3. The summed E-state index contributed by atoms with van der Waals surface area (Å²) in [6, 6.07) is 16.5. The summed E-state index contributed by atoms with van der Waals surface area (Å²) < 4.78 is 26.5. The number of nitriles is 1. The number of hydrogen-bond donors (Lipinski definition) is 1. The summed E-state index contributed by atoms with van der Waals surface area (Å²) in [5.41, 5.74) is 1.21. The average molecular weight is 369 g/mol. The van der Waals surface area contributed by atoms with E-state index in [0.717, 1.165) is 5.56 Å². The molecule has 0 atom stereocenters. The number of amides is 1. The minimum absolute atomic E-state index is 0.0288.